The van der Waals surface area contributed by atoms with Gasteiger partial charge >= 0.3 is 0 Å². The highest BCUT2D eigenvalue weighted by Crippen LogP contribution is 2.19. The van der Waals surface area contributed by atoms with Crippen LogP contribution in [0.3, 0.4) is 0 Å². The fourth-order valence-electron chi connectivity index (χ4n) is 0.820. The molecule has 5 nitrogen and oxygen atoms in total. The Bertz CT molecular complexity index is 364. The lowest BCUT2D eigenvalue weighted by Gasteiger charge is -2.00. The molecule has 0 spiro atoms. The van der Waals surface area contributed by atoms with Gasteiger partial charge in [0.25, 0.3) is 5.91 Å². The van der Waals surface area contributed by atoms with Crippen molar-refractivity contribution < 1.29 is 4.79 Å². The summed E-state index contributed by atoms with van der Waals surface area (Å²) in [7, 11) is 0. The molecule has 0 atom stereocenters. The standard InChI is InChI=1S/C7H7BrN4O/c8-4-1-2-6(9)5(3-4)7(13)11-12-10/h1-3H,9H2,(H2,10,11,13). The Morgan fingerprint density at radius 1 is 1.46 bits per heavy atom. The number of carbonyl (C=O) groups is 1. The van der Waals surface area contributed by atoms with Gasteiger partial charge in [-0.2, -0.15) is 0 Å². The Balaban J connectivity index is 3.13. The molecule has 1 amide bonds. The van der Waals surface area contributed by atoms with Gasteiger partial charge in [-0.1, -0.05) is 26.3 Å². The summed E-state index contributed by atoms with van der Waals surface area (Å²) in [6, 6.07) is 4.89. The average Bonchev–Trinajstić information content (AvgIpc) is 2.09. The number of rotatable bonds is 1. The lowest BCUT2D eigenvalue weighted by molar-refractivity contribution is 0.0994. The lowest BCUT2D eigenvalue weighted by atomic mass is 10.2. The van der Waals surface area contributed by atoms with E-state index in [1.807, 2.05) is 0 Å². The van der Waals surface area contributed by atoms with Crippen LogP contribution in [0.5, 0.6) is 0 Å². The van der Waals surface area contributed by atoms with Crippen molar-refractivity contribution in [2.24, 2.45) is 16.2 Å². The zero-order valence-corrected chi connectivity index (χ0v) is 8.15. The van der Waals surface area contributed by atoms with Gasteiger partial charge < -0.3 is 11.6 Å². The van der Waals surface area contributed by atoms with E-state index in [0.717, 1.165) is 4.47 Å². The maximum absolute atomic E-state index is 11.2. The third-order valence-corrected chi connectivity index (χ3v) is 1.89. The first-order chi connectivity index (χ1) is 6.15. The normalized spacial score (nSPS) is 10.5. The van der Waals surface area contributed by atoms with Gasteiger partial charge in [-0.05, 0) is 18.2 Å². The molecular weight excluding hydrogens is 236 g/mol. The number of carbonyl (C=O) groups excluding carboxylic acids is 1. The third kappa shape index (κ3) is 2.25. The van der Waals surface area contributed by atoms with Crippen LogP contribution in [0.2, 0.25) is 0 Å². The molecule has 4 N–H and O–H groups in total. The summed E-state index contributed by atoms with van der Waals surface area (Å²) >= 11 is 3.20. The van der Waals surface area contributed by atoms with Crippen LogP contribution in [0.4, 0.5) is 5.69 Å². The van der Waals surface area contributed by atoms with Gasteiger partial charge in [0.05, 0.1) is 5.56 Å². The van der Waals surface area contributed by atoms with E-state index in [1.165, 1.54) is 0 Å². The number of halogens is 1. The number of amides is 1. The summed E-state index contributed by atoms with van der Waals surface area (Å²) in [5.41, 5.74) is 6.17. The molecule has 0 unspecified atom stereocenters. The molecule has 1 rings (SSSR count). The Hall–Kier alpha value is -1.43. The summed E-state index contributed by atoms with van der Waals surface area (Å²) < 4.78 is 0.747. The van der Waals surface area contributed by atoms with E-state index >= 15 is 0 Å². The number of hydrogen-bond acceptors (Lipinski definition) is 3. The third-order valence-electron chi connectivity index (χ3n) is 1.39. The van der Waals surface area contributed by atoms with Crippen molar-refractivity contribution in [2.45, 2.75) is 0 Å². The number of benzene rings is 1. The van der Waals surface area contributed by atoms with E-state index in [0.29, 0.717) is 5.69 Å². The summed E-state index contributed by atoms with van der Waals surface area (Å²) in [6.07, 6.45) is 0. The summed E-state index contributed by atoms with van der Waals surface area (Å²) in [5, 5.41) is 6.05. The molecule has 6 heteroatoms. The smallest absolute Gasteiger partial charge is 0.299 e. The van der Waals surface area contributed by atoms with Crippen LogP contribution in [0.25, 0.3) is 0 Å². The zero-order valence-electron chi connectivity index (χ0n) is 6.57. The molecule has 0 radical (unpaired) electrons. The number of anilines is 1. The maximum Gasteiger partial charge on any atom is 0.299 e. The first-order valence-corrected chi connectivity index (χ1v) is 4.14. The monoisotopic (exact) mass is 242 g/mol. The molecule has 13 heavy (non-hydrogen) atoms. The average molecular weight is 243 g/mol. The number of nitrogens with two attached hydrogens (primary N) is 2. The fourth-order valence-corrected chi connectivity index (χ4v) is 1.18. The van der Waals surface area contributed by atoms with Crippen molar-refractivity contribution in [1.82, 2.24) is 0 Å². The van der Waals surface area contributed by atoms with Crippen molar-refractivity contribution >= 4 is 27.5 Å². The van der Waals surface area contributed by atoms with E-state index < -0.39 is 5.91 Å². The first-order valence-electron chi connectivity index (χ1n) is 3.35. The number of hydrogen-bond donors (Lipinski definition) is 2. The van der Waals surface area contributed by atoms with E-state index in [2.05, 4.69) is 26.3 Å². The summed E-state index contributed by atoms with van der Waals surface area (Å²) in [5.74, 6) is 4.19. The number of nitrogens with zero attached hydrogens (tertiary/aromatic N) is 2. The predicted octanol–water partition coefficient (Wildman–Crippen LogP) is 1.50. The molecule has 0 aliphatic rings. The lowest BCUT2D eigenvalue weighted by Crippen LogP contribution is -2.01. The molecule has 0 saturated carbocycles. The van der Waals surface area contributed by atoms with Gasteiger partial charge in [-0.3, -0.25) is 4.79 Å². The highest BCUT2D eigenvalue weighted by Gasteiger charge is 2.08. The molecule has 0 aliphatic heterocycles. The predicted molar refractivity (Wildman–Crippen MR) is 51.9 cm³/mol. The molecule has 0 bridgehead atoms. The summed E-state index contributed by atoms with van der Waals surface area (Å²) in [6.45, 7) is 0. The van der Waals surface area contributed by atoms with Crippen molar-refractivity contribution in [1.29, 1.82) is 0 Å². The van der Waals surface area contributed by atoms with E-state index in [-0.39, 0.29) is 5.56 Å². The molecule has 1 aromatic carbocycles. The minimum absolute atomic E-state index is 0.281. The van der Waals surface area contributed by atoms with Gasteiger partial charge in [0.2, 0.25) is 0 Å². The van der Waals surface area contributed by atoms with Crippen LogP contribution < -0.4 is 11.6 Å². The van der Waals surface area contributed by atoms with Crippen molar-refractivity contribution in [3.8, 4) is 0 Å². The van der Waals surface area contributed by atoms with E-state index in [4.69, 9.17) is 11.6 Å². The van der Waals surface area contributed by atoms with Crippen LogP contribution in [-0.2, 0) is 0 Å². The van der Waals surface area contributed by atoms with Crippen LogP contribution in [0, 0.1) is 0 Å². The van der Waals surface area contributed by atoms with Gasteiger partial charge in [0.15, 0.2) is 0 Å². The highest BCUT2D eigenvalue weighted by atomic mass is 79.9. The Morgan fingerprint density at radius 2 is 2.15 bits per heavy atom. The van der Waals surface area contributed by atoms with E-state index in [9.17, 15) is 4.79 Å². The van der Waals surface area contributed by atoms with Gasteiger partial charge in [-0.25, -0.2) is 0 Å². The minimum Gasteiger partial charge on any atom is -0.398 e. The Kier molecular flexibility index (Phi) is 2.97. The maximum atomic E-state index is 11.2. The fraction of sp³-hybridized carbons (Fsp3) is 0. The SMILES string of the molecule is NN=NC(=O)c1cc(Br)ccc1N. The zero-order chi connectivity index (χ0) is 9.84. The van der Waals surface area contributed by atoms with E-state index in [1.54, 1.807) is 18.2 Å². The second-order valence-corrected chi connectivity index (χ2v) is 3.17. The minimum atomic E-state index is -0.554. The van der Waals surface area contributed by atoms with Crippen LogP contribution in [0.1, 0.15) is 10.4 Å². The molecule has 0 saturated heterocycles. The Morgan fingerprint density at radius 3 is 2.77 bits per heavy atom. The van der Waals surface area contributed by atoms with Crippen molar-refractivity contribution in [3.05, 3.63) is 28.2 Å². The quantitative estimate of drug-likeness (QED) is 0.338. The van der Waals surface area contributed by atoms with Crippen LogP contribution >= 0.6 is 15.9 Å². The van der Waals surface area contributed by atoms with Gasteiger partial charge in [-0.15, -0.1) is 0 Å². The second kappa shape index (κ2) is 3.99. The van der Waals surface area contributed by atoms with Gasteiger partial charge in [0.1, 0.15) is 0 Å². The first kappa shape index (κ1) is 9.66. The molecule has 0 heterocycles. The van der Waals surface area contributed by atoms with Crippen LogP contribution in [-0.4, -0.2) is 5.91 Å². The summed E-state index contributed by atoms with van der Waals surface area (Å²) in [4.78, 5) is 11.2. The molecule has 0 fully saturated rings. The molecule has 1 aromatic rings. The van der Waals surface area contributed by atoms with Crippen molar-refractivity contribution in [3.63, 3.8) is 0 Å². The Labute approximate surface area is 82.9 Å². The molecule has 0 aromatic heterocycles. The second-order valence-electron chi connectivity index (χ2n) is 2.25. The molecular formula is C7H7BrN4O. The van der Waals surface area contributed by atoms with Gasteiger partial charge in [0, 0.05) is 10.2 Å². The molecule has 68 valence electrons. The topological polar surface area (TPSA) is 93.8 Å². The largest absolute Gasteiger partial charge is 0.398 e. The number of nitrogen functional groups attached to an aromatic ring is 1. The van der Waals surface area contributed by atoms with Crippen molar-refractivity contribution in [2.75, 3.05) is 5.73 Å². The highest BCUT2D eigenvalue weighted by molar-refractivity contribution is 9.10. The molecule has 0 aliphatic carbocycles. The van der Waals surface area contributed by atoms with Crippen LogP contribution in [0.15, 0.2) is 33.0 Å².